The highest BCUT2D eigenvalue weighted by Crippen LogP contribution is 2.48. The van der Waals surface area contributed by atoms with Crippen LogP contribution in [0, 0.1) is 11.2 Å². The summed E-state index contributed by atoms with van der Waals surface area (Å²) in [6.07, 6.45) is 1.28. The molecule has 2 aromatic carbocycles. The first-order chi connectivity index (χ1) is 13.3. The van der Waals surface area contributed by atoms with Crippen LogP contribution in [-0.4, -0.2) is 11.7 Å². The lowest BCUT2D eigenvalue weighted by atomic mass is 9.69. The van der Waals surface area contributed by atoms with E-state index in [9.17, 15) is 14.0 Å². The van der Waals surface area contributed by atoms with Crippen LogP contribution in [0.5, 0.6) is 0 Å². The van der Waals surface area contributed by atoms with Crippen LogP contribution in [0.4, 0.5) is 10.1 Å². The van der Waals surface area contributed by atoms with Gasteiger partial charge in [0, 0.05) is 34.5 Å². The molecule has 4 rings (SSSR count). The van der Waals surface area contributed by atoms with Gasteiger partial charge in [-0.25, -0.2) is 4.39 Å². The summed E-state index contributed by atoms with van der Waals surface area (Å²) in [5, 5.41) is 0. The molecule has 3 nitrogen and oxygen atoms in total. The maximum atomic E-state index is 13.4. The molecule has 5 heteroatoms. The van der Waals surface area contributed by atoms with Crippen LogP contribution in [0.25, 0.3) is 0 Å². The predicted octanol–water partition coefficient (Wildman–Crippen LogP) is 5.75. The Bertz CT molecular complexity index is 994. The molecule has 144 valence electrons. The van der Waals surface area contributed by atoms with Crippen molar-refractivity contribution < 1.29 is 14.0 Å². The van der Waals surface area contributed by atoms with E-state index in [1.165, 1.54) is 12.1 Å². The van der Waals surface area contributed by atoms with Crippen LogP contribution in [0.2, 0.25) is 0 Å². The number of hydrogen-bond donors (Lipinski definition) is 0. The Morgan fingerprint density at radius 1 is 1.04 bits per heavy atom. The van der Waals surface area contributed by atoms with Crippen molar-refractivity contribution in [2.45, 2.75) is 39.0 Å². The number of rotatable bonds is 2. The van der Waals surface area contributed by atoms with Gasteiger partial charge in [-0.15, -0.1) is 0 Å². The summed E-state index contributed by atoms with van der Waals surface area (Å²) >= 11 is 3.54. The molecule has 0 N–H and O–H groups in total. The van der Waals surface area contributed by atoms with E-state index in [-0.39, 0.29) is 35.3 Å². The first-order valence-corrected chi connectivity index (χ1v) is 10.2. The molecule has 1 aliphatic carbocycles. The van der Waals surface area contributed by atoms with Crippen molar-refractivity contribution in [3.63, 3.8) is 0 Å². The second-order valence-corrected chi connectivity index (χ2v) is 9.14. The van der Waals surface area contributed by atoms with Gasteiger partial charge in [0.25, 0.3) is 0 Å². The number of allylic oxidation sites excluding steroid dienone is 2. The second kappa shape index (κ2) is 6.96. The average Bonchev–Trinajstić information content (AvgIpc) is 2.62. The Balaban J connectivity index is 1.91. The lowest BCUT2D eigenvalue weighted by molar-refractivity contribution is -0.121. The van der Waals surface area contributed by atoms with Crippen LogP contribution in [0.1, 0.15) is 44.6 Å². The van der Waals surface area contributed by atoms with E-state index < -0.39 is 0 Å². The van der Waals surface area contributed by atoms with Crippen LogP contribution >= 0.6 is 15.9 Å². The van der Waals surface area contributed by atoms with E-state index in [0.717, 1.165) is 21.4 Å². The molecule has 0 spiro atoms. The molecule has 0 saturated heterocycles. The summed E-state index contributed by atoms with van der Waals surface area (Å²) in [5.74, 6) is -0.632. The third kappa shape index (κ3) is 3.32. The quantitative estimate of drug-likeness (QED) is 0.594. The summed E-state index contributed by atoms with van der Waals surface area (Å²) in [5.41, 5.74) is 2.81. The Labute approximate surface area is 172 Å². The molecule has 1 heterocycles. The minimum absolute atomic E-state index is 0.0505. The number of carbonyl (C=O) groups excluding carboxylic acids is 2. The van der Waals surface area contributed by atoms with Crippen molar-refractivity contribution in [3.8, 4) is 0 Å². The molecule has 1 amide bonds. The van der Waals surface area contributed by atoms with Gasteiger partial charge in [-0.2, -0.15) is 0 Å². The van der Waals surface area contributed by atoms with E-state index >= 15 is 0 Å². The lowest BCUT2D eigenvalue weighted by Crippen LogP contribution is -2.43. The number of carbonyl (C=O) groups is 2. The second-order valence-electron chi connectivity index (χ2n) is 8.29. The van der Waals surface area contributed by atoms with E-state index in [2.05, 4.69) is 29.8 Å². The number of nitrogens with zero attached hydrogens (tertiary/aromatic N) is 1. The summed E-state index contributed by atoms with van der Waals surface area (Å²) in [6.45, 7) is 4.11. The number of halogens is 2. The minimum atomic E-state index is -0.328. The Kier molecular flexibility index (Phi) is 4.74. The van der Waals surface area contributed by atoms with Gasteiger partial charge in [0.05, 0.1) is 5.69 Å². The zero-order chi connectivity index (χ0) is 20.1. The number of Topliss-reactive ketones (excluding diaryl/α,β-unsaturated/α-hetero) is 1. The van der Waals surface area contributed by atoms with Crippen molar-refractivity contribution in [1.82, 2.24) is 0 Å². The fourth-order valence-electron chi connectivity index (χ4n) is 4.31. The third-order valence-corrected chi connectivity index (χ3v) is 6.18. The van der Waals surface area contributed by atoms with Crippen LogP contribution in [0.3, 0.4) is 0 Å². The largest absolute Gasteiger partial charge is 0.294 e. The molecular weight excluding hydrogens is 421 g/mol. The zero-order valence-electron chi connectivity index (χ0n) is 15.8. The molecule has 28 heavy (non-hydrogen) atoms. The molecule has 0 fully saturated rings. The number of ketones is 1. The van der Waals surface area contributed by atoms with Gasteiger partial charge >= 0.3 is 0 Å². The van der Waals surface area contributed by atoms with E-state index in [4.69, 9.17) is 0 Å². The number of amides is 1. The van der Waals surface area contributed by atoms with Crippen molar-refractivity contribution in [1.29, 1.82) is 0 Å². The van der Waals surface area contributed by atoms with Crippen LogP contribution in [-0.2, 0) is 9.59 Å². The third-order valence-electron chi connectivity index (χ3n) is 5.51. The SMILES string of the molecule is CC1(C)CC(=O)C2=C(C1)N(c1ccccc1Br)C(=O)CC2c1ccc(F)cc1. The highest BCUT2D eigenvalue weighted by Gasteiger charge is 2.44. The number of anilines is 1. The van der Waals surface area contributed by atoms with Gasteiger partial charge in [0.2, 0.25) is 5.91 Å². The maximum absolute atomic E-state index is 13.4. The average molecular weight is 442 g/mol. The van der Waals surface area contributed by atoms with Crippen molar-refractivity contribution in [2.75, 3.05) is 4.90 Å². The van der Waals surface area contributed by atoms with Crippen LogP contribution < -0.4 is 4.90 Å². The highest BCUT2D eigenvalue weighted by atomic mass is 79.9. The van der Waals surface area contributed by atoms with Gasteiger partial charge in [-0.1, -0.05) is 38.1 Å². The molecule has 0 saturated carbocycles. The molecule has 0 bridgehead atoms. The monoisotopic (exact) mass is 441 g/mol. The standard InChI is InChI=1S/C23H21BrFNO2/c1-23(2)12-19-22(20(27)13-23)16(14-7-9-15(25)10-8-14)11-21(28)26(19)18-6-4-3-5-17(18)24/h3-10,16H,11-13H2,1-2H3. The van der Waals surface area contributed by atoms with Crippen molar-refractivity contribution in [2.24, 2.45) is 5.41 Å². The van der Waals surface area contributed by atoms with Gasteiger partial charge in [-0.05, 0) is 57.6 Å². The van der Waals surface area contributed by atoms with Crippen molar-refractivity contribution in [3.05, 3.63) is 75.7 Å². The first kappa shape index (κ1) is 19.1. The Hall–Kier alpha value is -2.27. The Morgan fingerprint density at radius 3 is 2.39 bits per heavy atom. The molecule has 1 atom stereocenters. The molecule has 0 radical (unpaired) electrons. The molecule has 1 unspecified atom stereocenters. The smallest absolute Gasteiger partial charge is 0.232 e. The molecule has 1 aliphatic heterocycles. The minimum Gasteiger partial charge on any atom is -0.294 e. The fourth-order valence-corrected chi connectivity index (χ4v) is 4.77. The lowest BCUT2D eigenvalue weighted by Gasteiger charge is -2.43. The van der Waals surface area contributed by atoms with Gasteiger partial charge in [0.1, 0.15) is 5.82 Å². The highest BCUT2D eigenvalue weighted by molar-refractivity contribution is 9.10. The molecular formula is C23H21BrFNO2. The maximum Gasteiger partial charge on any atom is 0.232 e. The molecule has 0 aromatic heterocycles. The fraction of sp³-hybridized carbons (Fsp3) is 0.304. The van der Waals surface area contributed by atoms with Crippen LogP contribution in [0.15, 0.2) is 64.3 Å². The van der Waals surface area contributed by atoms with Gasteiger partial charge in [0.15, 0.2) is 5.78 Å². The number of hydrogen-bond acceptors (Lipinski definition) is 2. The Morgan fingerprint density at radius 2 is 1.71 bits per heavy atom. The summed E-state index contributed by atoms with van der Waals surface area (Å²) in [6, 6.07) is 13.7. The zero-order valence-corrected chi connectivity index (χ0v) is 17.4. The van der Waals surface area contributed by atoms with E-state index in [0.29, 0.717) is 18.4 Å². The summed E-state index contributed by atoms with van der Waals surface area (Å²) < 4.78 is 14.2. The predicted molar refractivity (Wildman–Crippen MR) is 110 cm³/mol. The first-order valence-electron chi connectivity index (χ1n) is 9.36. The van der Waals surface area contributed by atoms with E-state index in [1.807, 2.05) is 24.3 Å². The molecule has 2 aliphatic rings. The number of para-hydroxylation sites is 1. The topological polar surface area (TPSA) is 37.4 Å². The molecule has 2 aromatic rings. The van der Waals surface area contributed by atoms with E-state index in [1.54, 1.807) is 17.0 Å². The van der Waals surface area contributed by atoms with Crippen molar-refractivity contribution >= 4 is 33.3 Å². The van der Waals surface area contributed by atoms with Gasteiger partial charge in [-0.3, -0.25) is 14.5 Å². The summed E-state index contributed by atoms with van der Waals surface area (Å²) in [4.78, 5) is 28.1. The summed E-state index contributed by atoms with van der Waals surface area (Å²) in [7, 11) is 0. The van der Waals surface area contributed by atoms with Gasteiger partial charge < -0.3 is 0 Å². The number of benzene rings is 2. The normalized spacial score (nSPS) is 21.7.